The Bertz CT molecular complexity index is 2110. The first-order chi connectivity index (χ1) is 24.5. The Kier molecular flexibility index (Phi) is 10.5. The summed E-state index contributed by atoms with van der Waals surface area (Å²) in [6.07, 6.45) is 11.6. The minimum atomic E-state index is -1.97. The lowest BCUT2D eigenvalue weighted by atomic mass is 9.82. The number of carbonyl (C=O) groups excluding carboxylic acids is 2. The van der Waals surface area contributed by atoms with Gasteiger partial charge in [-0.3, -0.25) is 14.4 Å². The summed E-state index contributed by atoms with van der Waals surface area (Å²) in [5.41, 5.74) is 3.67. The van der Waals surface area contributed by atoms with Crippen LogP contribution in [-0.2, 0) is 28.2 Å². The van der Waals surface area contributed by atoms with Crippen LogP contribution in [0.15, 0.2) is 113 Å². The molecule has 3 atom stereocenters. The van der Waals surface area contributed by atoms with Crippen molar-refractivity contribution in [1.82, 2.24) is 14.7 Å². The number of amides is 2. The third kappa shape index (κ3) is 7.09. The summed E-state index contributed by atoms with van der Waals surface area (Å²) in [5.74, 6) is -1.34. The van der Waals surface area contributed by atoms with Gasteiger partial charge in [-0.05, 0) is 75.4 Å². The highest BCUT2D eigenvalue weighted by atomic mass is 16.3. The molecule has 0 saturated carbocycles. The maximum Gasteiger partial charge on any atom is 0.279 e. The predicted molar refractivity (Wildman–Crippen MR) is 201 cm³/mol. The zero-order valence-corrected chi connectivity index (χ0v) is 29.8. The van der Waals surface area contributed by atoms with Gasteiger partial charge in [-0.25, -0.2) is 0 Å². The number of carbonyl (C=O) groups is 2. The summed E-state index contributed by atoms with van der Waals surface area (Å²) in [7, 11) is 0. The quantitative estimate of drug-likeness (QED) is 0.183. The van der Waals surface area contributed by atoms with Crippen molar-refractivity contribution in [2.45, 2.75) is 71.6 Å². The zero-order valence-electron chi connectivity index (χ0n) is 29.8. The maximum absolute atomic E-state index is 14.3. The van der Waals surface area contributed by atoms with Crippen molar-refractivity contribution in [2.75, 3.05) is 18.1 Å². The Morgan fingerprint density at radius 1 is 1.02 bits per heavy atom. The van der Waals surface area contributed by atoms with E-state index >= 15 is 0 Å². The molecular weight excluding hydrogens is 640 g/mol. The molecule has 0 aliphatic carbocycles. The Labute approximate surface area is 298 Å². The molecule has 264 valence electrons. The number of allylic oxidation sites excluding steroid dienone is 3. The monoisotopic (exact) mass is 686 g/mol. The third-order valence-corrected chi connectivity index (χ3v) is 10.2. The molecule has 2 N–H and O–H groups in total. The smallest absolute Gasteiger partial charge is 0.279 e. The van der Waals surface area contributed by atoms with E-state index < -0.39 is 17.4 Å². The van der Waals surface area contributed by atoms with Gasteiger partial charge < -0.3 is 20.0 Å². The topological polar surface area (TPSA) is 116 Å². The fourth-order valence-electron chi connectivity index (χ4n) is 7.13. The highest BCUT2D eigenvalue weighted by Crippen LogP contribution is 2.46. The van der Waals surface area contributed by atoms with Crippen LogP contribution >= 0.6 is 0 Å². The minimum absolute atomic E-state index is 0.0495. The highest BCUT2D eigenvalue weighted by Gasteiger charge is 2.52. The van der Waals surface area contributed by atoms with Crippen LogP contribution in [0.25, 0.3) is 16.5 Å². The summed E-state index contributed by atoms with van der Waals surface area (Å²) in [5, 5.41) is 28.1. The summed E-state index contributed by atoms with van der Waals surface area (Å²) < 4.78 is 1.29. The van der Waals surface area contributed by atoms with Gasteiger partial charge in [-0.2, -0.15) is 9.78 Å². The predicted octanol–water partition coefficient (Wildman–Crippen LogP) is 6.14. The van der Waals surface area contributed by atoms with E-state index in [4.69, 9.17) is 0 Å². The molecule has 9 heteroatoms. The standard InChI is InChI=1S/C42H46N4O5/c1-28(2)11-9-12-29(3)21-22-44-38-20-19-34(46-40(49)36-17-8-7-15-32(36)25-43-46)24-37(38)42(51,41(44)50)30(4)13-10-18-39(48)45-26-33-16-6-5-14-31(33)23-35(45)27-47/h5-8,10-11,13-17,19-21,24-25,30,35,47,51H,9,12,18,22-23,26-27H2,1-4H3/b13-10+,29-21+/t30-,35-,42+/m0/s1. The third-order valence-electron chi connectivity index (χ3n) is 10.2. The molecule has 9 nitrogen and oxygen atoms in total. The largest absolute Gasteiger partial charge is 0.394 e. The number of fused-ring (bicyclic) bond motifs is 3. The number of aliphatic hydroxyl groups excluding tert-OH is 1. The van der Waals surface area contributed by atoms with Gasteiger partial charge in [-0.15, -0.1) is 0 Å². The van der Waals surface area contributed by atoms with Crippen LogP contribution in [-0.4, -0.2) is 55.9 Å². The van der Waals surface area contributed by atoms with Crippen LogP contribution in [0.2, 0.25) is 0 Å². The fourth-order valence-corrected chi connectivity index (χ4v) is 7.13. The first-order valence-electron chi connectivity index (χ1n) is 17.6. The molecule has 0 spiro atoms. The van der Waals surface area contributed by atoms with Crippen molar-refractivity contribution < 1.29 is 19.8 Å². The van der Waals surface area contributed by atoms with E-state index in [-0.39, 0.29) is 37.1 Å². The lowest BCUT2D eigenvalue weighted by Crippen LogP contribution is -2.46. The van der Waals surface area contributed by atoms with Gasteiger partial charge in [0.15, 0.2) is 5.60 Å². The fraction of sp³-hybridized carbons (Fsp3) is 0.333. The van der Waals surface area contributed by atoms with Gasteiger partial charge >= 0.3 is 0 Å². The van der Waals surface area contributed by atoms with Crippen LogP contribution in [0.5, 0.6) is 0 Å². The Morgan fingerprint density at radius 3 is 2.53 bits per heavy atom. The van der Waals surface area contributed by atoms with Crippen LogP contribution in [0.4, 0.5) is 5.69 Å². The van der Waals surface area contributed by atoms with E-state index in [9.17, 15) is 24.6 Å². The number of rotatable bonds is 11. The number of benzene rings is 3. The van der Waals surface area contributed by atoms with E-state index in [2.05, 4.69) is 25.0 Å². The maximum atomic E-state index is 14.3. The molecule has 0 fully saturated rings. The average Bonchev–Trinajstić information content (AvgIpc) is 3.35. The minimum Gasteiger partial charge on any atom is -0.394 e. The molecule has 6 rings (SSSR count). The van der Waals surface area contributed by atoms with Crippen LogP contribution in [0, 0.1) is 5.92 Å². The molecule has 0 radical (unpaired) electrons. The SMILES string of the molecule is CC(C)=CCC/C(C)=C/CN1C(=O)[C@@](O)([C@@H](C)/C=C/CC(=O)N2Cc3ccccc3C[C@H]2CO)c2cc(-n3ncc4ccccc4c3=O)ccc21. The first-order valence-corrected chi connectivity index (χ1v) is 17.6. The van der Waals surface area contributed by atoms with Crippen molar-refractivity contribution in [2.24, 2.45) is 5.92 Å². The lowest BCUT2D eigenvalue weighted by molar-refractivity contribution is -0.139. The van der Waals surface area contributed by atoms with Gasteiger partial charge in [0.05, 0.1) is 35.6 Å². The van der Waals surface area contributed by atoms with Crippen LogP contribution in [0.3, 0.4) is 0 Å². The summed E-state index contributed by atoms with van der Waals surface area (Å²) >= 11 is 0. The second-order valence-corrected chi connectivity index (χ2v) is 14.0. The average molecular weight is 687 g/mol. The van der Waals surface area contributed by atoms with E-state index in [1.807, 2.05) is 49.4 Å². The van der Waals surface area contributed by atoms with E-state index in [0.29, 0.717) is 35.3 Å². The van der Waals surface area contributed by atoms with Crippen LogP contribution in [0.1, 0.15) is 63.6 Å². The van der Waals surface area contributed by atoms with Crippen molar-refractivity contribution in [3.8, 4) is 5.69 Å². The number of aromatic nitrogens is 2. The van der Waals surface area contributed by atoms with E-state index in [0.717, 1.165) is 34.9 Å². The molecule has 51 heavy (non-hydrogen) atoms. The number of anilines is 1. The lowest BCUT2D eigenvalue weighted by Gasteiger charge is -2.36. The Morgan fingerprint density at radius 2 is 1.76 bits per heavy atom. The van der Waals surface area contributed by atoms with E-state index in [1.54, 1.807) is 65.4 Å². The molecule has 1 aromatic heterocycles. The van der Waals surface area contributed by atoms with Gasteiger partial charge in [-0.1, -0.05) is 84.8 Å². The number of hydrogen-bond acceptors (Lipinski definition) is 6. The Hall–Kier alpha value is -5.12. The van der Waals surface area contributed by atoms with Gasteiger partial charge in [0.1, 0.15) is 0 Å². The molecule has 4 aromatic rings. The molecule has 3 aromatic carbocycles. The van der Waals surface area contributed by atoms with Crippen molar-refractivity contribution in [1.29, 1.82) is 0 Å². The Balaban J connectivity index is 1.30. The summed E-state index contributed by atoms with van der Waals surface area (Å²) in [6.45, 7) is 8.49. The number of hydrogen-bond donors (Lipinski definition) is 2. The summed E-state index contributed by atoms with van der Waals surface area (Å²) in [4.78, 5) is 44.5. The number of aliphatic hydroxyl groups is 2. The highest BCUT2D eigenvalue weighted by molar-refractivity contribution is 6.07. The molecule has 0 bridgehead atoms. The molecule has 0 saturated heterocycles. The molecule has 2 aliphatic rings. The second kappa shape index (κ2) is 15.0. The van der Waals surface area contributed by atoms with Gasteiger partial charge in [0.2, 0.25) is 5.91 Å². The molecule has 3 heterocycles. The molecule has 2 amide bonds. The van der Waals surface area contributed by atoms with Gasteiger partial charge in [0.25, 0.3) is 11.5 Å². The van der Waals surface area contributed by atoms with E-state index in [1.165, 1.54) is 10.3 Å². The van der Waals surface area contributed by atoms with Crippen molar-refractivity contribution in [3.05, 3.63) is 135 Å². The number of nitrogens with zero attached hydrogens (tertiary/aromatic N) is 4. The molecule has 2 aliphatic heterocycles. The molecule has 0 unspecified atom stereocenters. The summed E-state index contributed by atoms with van der Waals surface area (Å²) in [6, 6.07) is 20.0. The normalized spacial score (nSPS) is 19.4. The van der Waals surface area contributed by atoms with Crippen molar-refractivity contribution in [3.63, 3.8) is 0 Å². The first kappa shape index (κ1) is 35.7. The molecular formula is C42H46N4O5. The second-order valence-electron chi connectivity index (χ2n) is 14.0. The zero-order chi connectivity index (χ0) is 36.3. The van der Waals surface area contributed by atoms with Gasteiger partial charge in [0, 0.05) is 36.4 Å². The van der Waals surface area contributed by atoms with Crippen molar-refractivity contribution >= 4 is 28.3 Å². The van der Waals surface area contributed by atoms with Crippen LogP contribution < -0.4 is 10.5 Å².